The molecule has 1 saturated heterocycles. The van der Waals surface area contributed by atoms with E-state index in [1.54, 1.807) is 17.5 Å². The lowest BCUT2D eigenvalue weighted by Gasteiger charge is -2.29. The Morgan fingerprint density at radius 1 is 1.23 bits per heavy atom. The van der Waals surface area contributed by atoms with Crippen LogP contribution in [0.1, 0.15) is 29.3 Å². The topological polar surface area (TPSA) is 80.2 Å². The molecule has 0 radical (unpaired) electrons. The Labute approximate surface area is 180 Å². The molecule has 0 amide bonds. The molecular formula is C22H25N5O2S. The number of ether oxygens (including phenoxy) is 1. The molecule has 0 saturated carbocycles. The monoisotopic (exact) mass is 423 g/mol. The Hall–Kier alpha value is -2.84. The molecule has 1 N–H and O–H groups in total. The summed E-state index contributed by atoms with van der Waals surface area (Å²) >= 11 is 1.70. The van der Waals surface area contributed by atoms with Gasteiger partial charge in [-0.05, 0) is 62.7 Å². The number of pyridine rings is 2. The molecule has 0 atom stereocenters. The number of hydrogen-bond donors (Lipinski definition) is 1. The lowest BCUT2D eigenvalue weighted by molar-refractivity contribution is -0.142. The number of piperidine rings is 1. The predicted molar refractivity (Wildman–Crippen MR) is 118 cm³/mol. The van der Waals surface area contributed by atoms with Crippen molar-refractivity contribution in [1.82, 2.24) is 19.9 Å². The number of rotatable bonds is 6. The normalized spacial score (nSPS) is 15.1. The molecular weight excluding hydrogens is 398 g/mol. The number of anilines is 2. The van der Waals surface area contributed by atoms with Crippen molar-refractivity contribution >= 4 is 28.9 Å². The van der Waals surface area contributed by atoms with Crippen LogP contribution in [0.2, 0.25) is 0 Å². The van der Waals surface area contributed by atoms with Crippen molar-refractivity contribution in [2.75, 3.05) is 32.1 Å². The van der Waals surface area contributed by atoms with Gasteiger partial charge in [0, 0.05) is 18.3 Å². The first-order chi connectivity index (χ1) is 14.6. The number of nitrogens with zero attached hydrogens (tertiary/aromatic N) is 4. The van der Waals surface area contributed by atoms with Gasteiger partial charge in [-0.25, -0.2) is 15.0 Å². The van der Waals surface area contributed by atoms with E-state index in [9.17, 15) is 4.79 Å². The van der Waals surface area contributed by atoms with Gasteiger partial charge < -0.3 is 10.1 Å². The smallest absolute Gasteiger partial charge is 0.319 e. The second kappa shape index (κ2) is 9.32. The Balaban J connectivity index is 1.41. The third-order valence-electron chi connectivity index (χ3n) is 5.21. The number of carbonyl (C=O) groups is 1. The zero-order chi connectivity index (χ0) is 20.9. The molecule has 3 aromatic rings. The number of likely N-dealkylation sites (tertiary alicyclic amines) is 1. The van der Waals surface area contributed by atoms with Crippen LogP contribution in [0.3, 0.4) is 0 Å². The second-order valence-electron chi connectivity index (χ2n) is 7.44. The lowest BCUT2D eigenvalue weighted by atomic mass is 9.98. The van der Waals surface area contributed by atoms with Crippen molar-refractivity contribution in [2.45, 2.75) is 25.7 Å². The molecule has 4 heterocycles. The lowest BCUT2D eigenvalue weighted by Crippen LogP contribution is -2.37. The van der Waals surface area contributed by atoms with Crippen LogP contribution < -0.4 is 5.32 Å². The maximum absolute atomic E-state index is 11.5. The second-order valence-corrected chi connectivity index (χ2v) is 8.50. The molecule has 1 aliphatic rings. The zero-order valence-corrected chi connectivity index (χ0v) is 18.0. The number of hydrogen-bond acceptors (Lipinski definition) is 8. The average molecular weight is 424 g/mol. The summed E-state index contributed by atoms with van der Waals surface area (Å²) in [6.07, 6.45) is 5.70. The molecule has 3 aromatic heterocycles. The van der Waals surface area contributed by atoms with E-state index in [0.29, 0.717) is 12.5 Å². The quantitative estimate of drug-likeness (QED) is 0.600. The maximum Gasteiger partial charge on any atom is 0.319 e. The zero-order valence-electron chi connectivity index (χ0n) is 17.2. The molecule has 0 aliphatic carbocycles. The van der Waals surface area contributed by atoms with E-state index in [1.807, 2.05) is 43.5 Å². The molecule has 8 heteroatoms. The highest BCUT2D eigenvalue weighted by Crippen LogP contribution is 2.34. The van der Waals surface area contributed by atoms with Gasteiger partial charge >= 0.3 is 5.97 Å². The first-order valence-electron chi connectivity index (χ1n) is 10.0. The van der Waals surface area contributed by atoms with E-state index in [1.165, 1.54) is 7.11 Å². The number of methoxy groups -OCH3 is 1. The Morgan fingerprint density at radius 3 is 2.83 bits per heavy atom. The number of esters is 1. The van der Waals surface area contributed by atoms with Gasteiger partial charge in [0.15, 0.2) is 0 Å². The Kier molecular flexibility index (Phi) is 6.35. The summed E-state index contributed by atoms with van der Waals surface area (Å²) in [4.78, 5) is 28.4. The van der Waals surface area contributed by atoms with Crippen molar-refractivity contribution in [2.24, 2.45) is 0 Å². The van der Waals surface area contributed by atoms with Gasteiger partial charge in [-0.15, -0.1) is 11.3 Å². The number of aromatic nitrogens is 3. The van der Waals surface area contributed by atoms with Crippen molar-refractivity contribution in [3.05, 3.63) is 53.3 Å². The minimum absolute atomic E-state index is 0.176. The van der Waals surface area contributed by atoms with Crippen LogP contribution in [0.25, 0.3) is 10.6 Å². The predicted octanol–water partition coefficient (Wildman–Crippen LogP) is 4.00. The third kappa shape index (κ3) is 5.01. The molecule has 0 spiro atoms. The van der Waals surface area contributed by atoms with Crippen molar-refractivity contribution < 1.29 is 9.53 Å². The van der Waals surface area contributed by atoms with Crippen molar-refractivity contribution in [1.29, 1.82) is 0 Å². The van der Waals surface area contributed by atoms with Gasteiger partial charge in [0.2, 0.25) is 0 Å². The molecule has 156 valence electrons. The highest BCUT2D eigenvalue weighted by atomic mass is 32.1. The summed E-state index contributed by atoms with van der Waals surface area (Å²) in [5.74, 6) is 1.79. The van der Waals surface area contributed by atoms with E-state index in [2.05, 4.69) is 20.2 Å². The van der Waals surface area contributed by atoms with Crippen LogP contribution in [0.4, 0.5) is 11.6 Å². The van der Waals surface area contributed by atoms with Crippen LogP contribution in [0, 0.1) is 6.92 Å². The molecule has 1 aliphatic heterocycles. The molecule has 4 rings (SSSR count). The van der Waals surface area contributed by atoms with Gasteiger partial charge in [0.1, 0.15) is 11.6 Å². The van der Waals surface area contributed by atoms with Gasteiger partial charge in [-0.2, -0.15) is 0 Å². The highest BCUT2D eigenvalue weighted by molar-refractivity contribution is 7.15. The fraction of sp³-hybridized carbons (Fsp3) is 0.364. The molecule has 30 heavy (non-hydrogen) atoms. The van der Waals surface area contributed by atoms with E-state index in [-0.39, 0.29) is 5.97 Å². The standard InChI is InChI=1S/C22H25N5O2S/c1-15-6-9-23-20(12-15)26-19-5-3-4-17(25-19)18-13-24-22(30-18)16-7-10-27(11-8-16)14-21(28)29-2/h3-6,9,12-13,16H,7-8,10-11,14H2,1-2H3,(H,23,25,26). The van der Waals surface area contributed by atoms with E-state index >= 15 is 0 Å². The van der Waals surface area contributed by atoms with Crippen LogP contribution in [-0.2, 0) is 9.53 Å². The van der Waals surface area contributed by atoms with Gasteiger partial charge in [0.05, 0.1) is 29.2 Å². The van der Waals surface area contributed by atoms with Crippen LogP contribution in [0.5, 0.6) is 0 Å². The van der Waals surface area contributed by atoms with Crippen LogP contribution in [-0.4, -0.2) is 52.6 Å². The van der Waals surface area contributed by atoms with Crippen molar-refractivity contribution in [3.8, 4) is 10.6 Å². The minimum Gasteiger partial charge on any atom is -0.468 e. The summed E-state index contributed by atoms with van der Waals surface area (Å²) < 4.78 is 4.76. The number of thiazole rings is 1. The van der Waals surface area contributed by atoms with Gasteiger partial charge in [-0.1, -0.05) is 6.07 Å². The minimum atomic E-state index is -0.176. The first-order valence-corrected chi connectivity index (χ1v) is 10.8. The van der Waals surface area contributed by atoms with Gasteiger partial charge in [-0.3, -0.25) is 9.69 Å². The molecule has 0 bridgehead atoms. The number of aryl methyl sites for hydroxylation is 1. The molecule has 0 unspecified atom stereocenters. The average Bonchev–Trinajstić information content (AvgIpc) is 3.25. The fourth-order valence-electron chi connectivity index (χ4n) is 3.56. The first kappa shape index (κ1) is 20.4. The largest absolute Gasteiger partial charge is 0.468 e. The SMILES string of the molecule is COC(=O)CN1CCC(c2ncc(-c3cccc(Nc4cc(C)ccn4)n3)s2)CC1. The number of carbonyl (C=O) groups excluding carboxylic acids is 1. The third-order valence-corrected chi connectivity index (χ3v) is 6.40. The number of nitrogens with one attached hydrogen (secondary N) is 1. The van der Waals surface area contributed by atoms with E-state index in [0.717, 1.165) is 58.7 Å². The van der Waals surface area contributed by atoms with Gasteiger partial charge in [0.25, 0.3) is 0 Å². The summed E-state index contributed by atoms with van der Waals surface area (Å²) in [5, 5.41) is 4.41. The molecule has 7 nitrogen and oxygen atoms in total. The summed E-state index contributed by atoms with van der Waals surface area (Å²) in [6, 6.07) is 9.89. The Morgan fingerprint density at radius 2 is 2.07 bits per heavy atom. The van der Waals surface area contributed by atoms with Crippen molar-refractivity contribution in [3.63, 3.8) is 0 Å². The molecule has 1 fully saturated rings. The summed E-state index contributed by atoms with van der Waals surface area (Å²) in [6.45, 7) is 4.17. The van der Waals surface area contributed by atoms with E-state index < -0.39 is 0 Å². The molecule has 0 aromatic carbocycles. The highest BCUT2D eigenvalue weighted by Gasteiger charge is 2.24. The summed E-state index contributed by atoms with van der Waals surface area (Å²) in [5.41, 5.74) is 2.05. The van der Waals surface area contributed by atoms with Crippen LogP contribution in [0.15, 0.2) is 42.7 Å². The maximum atomic E-state index is 11.5. The van der Waals surface area contributed by atoms with Crippen LogP contribution >= 0.6 is 11.3 Å². The Bertz CT molecular complexity index is 1010. The van der Waals surface area contributed by atoms with E-state index in [4.69, 9.17) is 9.72 Å². The summed E-state index contributed by atoms with van der Waals surface area (Å²) in [7, 11) is 1.43. The fourth-order valence-corrected chi connectivity index (χ4v) is 4.61.